The van der Waals surface area contributed by atoms with Crippen molar-refractivity contribution in [3.05, 3.63) is 59.2 Å². The molecule has 3 rings (SSSR count). The van der Waals surface area contributed by atoms with Gasteiger partial charge in [-0.05, 0) is 68.7 Å². The fourth-order valence-electron chi connectivity index (χ4n) is 3.95. The van der Waals surface area contributed by atoms with Crippen LogP contribution in [0, 0.1) is 6.92 Å². The number of fused-ring (bicyclic) bond motifs is 1. The average molecular weight is 416 g/mol. The number of aryl methyl sites for hydroxylation is 1. The molecule has 0 saturated carbocycles. The van der Waals surface area contributed by atoms with Crippen molar-refractivity contribution in [2.24, 2.45) is 0 Å². The molecule has 2 aromatic rings. The predicted octanol–water partition coefficient (Wildman–Crippen LogP) is 2.96. The average Bonchev–Trinajstić information content (AvgIpc) is 3.00. The van der Waals surface area contributed by atoms with E-state index in [2.05, 4.69) is 42.3 Å². The van der Waals surface area contributed by atoms with Crippen LogP contribution in [0.5, 0.6) is 0 Å². The standard InChI is InChI=1S/C22H29N3O3S/c1-5-24(20-8-6-7-16(2)13-20)12-11-23-22(26)18-9-10-21-19(15-18)14-17(3)25(21)29(4,27)28/h6-10,13,15,17H,5,11-12,14H2,1-4H3,(H,23,26). The number of carbonyl (C=O) groups is 1. The third kappa shape index (κ3) is 4.72. The summed E-state index contributed by atoms with van der Waals surface area (Å²) in [4.78, 5) is 14.8. The molecule has 1 N–H and O–H groups in total. The Hall–Kier alpha value is -2.54. The molecule has 0 fully saturated rings. The van der Waals surface area contributed by atoms with Crippen LogP contribution in [-0.4, -0.2) is 46.3 Å². The molecule has 1 aliphatic heterocycles. The van der Waals surface area contributed by atoms with E-state index in [4.69, 9.17) is 0 Å². The Morgan fingerprint density at radius 1 is 1.24 bits per heavy atom. The third-order valence-electron chi connectivity index (χ3n) is 5.27. The second kappa shape index (κ2) is 8.45. The first-order valence-corrected chi connectivity index (χ1v) is 11.8. The van der Waals surface area contributed by atoms with Crippen LogP contribution in [-0.2, 0) is 16.4 Å². The smallest absolute Gasteiger partial charge is 0.251 e. The van der Waals surface area contributed by atoms with E-state index in [1.807, 2.05) is 19.1 Å². The van der Waals surface area contributed by atoms with Gasteiger partial charge >= 0.3 is 0 Å². The van der Waals surface area contributed by atoms with E-state index >= 15 is 0 Å². The Balaban J connectivity index is 1.64. The fraction of sp³-hybridized carbons (Fsp3) is 0.409. The van der Waals surface area contributed by atoms with E-state index in [0.717, 1.165) is 24.3 Å². The molecule has 1 amide bonds. The van der Waals surface area contributed by atoms with Crippen molar-refractivity contribution in [2.75, 3.05) is 35.1 Å². The van der Waals surface area contributed by atoms with Crippen molar-refractivity contribution in [2.45, 2.75) is 33.2 Å². The number of anilines is 2. The Labute approximate surface area is 173 Å². The van der Waals surface area contributed by atoms with Gasteiger partial charge in [0.2, 0.25) is 10.0 Å². The minimum atomic E-state index is -3.33. The Morgan fingerprint density at radius 2 is 2.00 bits per heavy atom. The molecule has 0 bridgehead atoms. The van der Waals surface area contributed by atoms with E-state index in [-0.39, 0.29) is 11.9 Å². The summed E-state index contributed by atoms with van der Waals surface area (Å²) in [5.41, 5.74) is 4.48. The minimum absolute atomic E-state index is 0.134. The zero-order valence-electron chi connectivity index (χ0n) is 17.5. The van der Waals surface area contributed by atoms with Gasteiger partial charge in [0.15, 0.2) is 0 Å². The highest BCUT2D eigenvalue weighted by molar-refractivity contribution is 7.92. The molecule has 1 aliphatic rings. The Bertz CT molecular complexity index is 1000. The normalized spacial score (nSPS) is 15.9. The van der Waals surface area contributed by atoms with E-state index in [1.54, 1.807) is 12.1 Å². The number of hydrogen-bond acceptors (Lipinski definition) is 4. The second-order valence-electron chi connectivity index (χ2n) is 7.63. The second-order valence-corrected chi connectivity index (χ2v) is 9.49. The SMILES string of the molecule is CCN(CCNC(=O)c1ccc2c(c1)CC(C)N2S(C)(=O)=O)c1cccc(C)c1. The summed E-state index contributed by atoms with van der Waals surface area (Å²) in [5.74, 6) is -0.140. The molecular formula is C22H29N3O3S. The number of nitrogens with one attached hydrogen (secondary N) is 1. The molecule has 29 heavy (non-hydrogen) atoms. The van der Waals surface area contributed by atoms with Crippen LogP contribution in [0.4, 0.5) is 11.4 Å². The molecule has 0 aromatic heterocycles. The number of likely N-dealkylation sites (N-methyl/N-ethyl adjacent to an activating group) is 1. The van der Waals surface area contributed by atoms with Crippen LogP contribution >= 0.6 is 0 Å². The van der Waals surface area contributed by atoms with E-state index in [0.29, 0.717) is 24.2 Å². The lowest BCUT2D eigenvalue weighted by atomic mass is 10.1. The van der Waals surface area contributed by atoms with Gasteiger partial charge in [-0.1, -0.05) is 12.1 Å². The lowest BCUT2D eigenvalue weighted by Gasteiger charge is -2.23. The number of carbonyl (C=O) groups excluding carboxylic acids is 1. The minimum Gasteiger partial charge on any atom is -0.370 e. The molecule has 0 spiro atoms. The molecule has 6 nitrogen and oxygen atoms in total. The largest absolute Gasteiger partial charge is 0.370 e. The molecule has 1 heterocycles. The van der Waals surface area contributed by atoms with Gasteiger partial charge in [0.25, 0.3) is 5.91 Å². The van der Waals surface area contributed by atoms with Gasteiger partial charge in [-0.2, -0.15) is 0 Å². The maximum Gasteiger partial charge on any atom is 0.251 e. The maximum atomic E-state index is 12.6. The van der Waals surface area contributed by atoms with Gasteiger partial charge in [0.05, 0.1) is 11.9 Å². The zero-order chi connectivity index (χ0) is 21.2. The predicted molar refractivity (Wildman–Crippen MR) is 118 cm³/mol. The first-order valence-electron chi connectivity index (χ1n) is 9.93. The monoisotopic (exact) mass is 415 g/mol. The van der Waals surface area contributed by atoms with Crippen molar-refractivity contribution >= 4 is 27.3 Å². The quantitative estimate of drug-likeness (QED) is 0.755. The molecule has 156 valence electrons. The Kier molecular flexibility index (Phi) is 6.17. The van der Waals surface area contributed by atoms with E-state index < -0.39 is 10.0 Å². The van der Waals surface area contributed by atoms with Crippen molar-refractivity contribution < 1.29 is 13.2 Å². The topological polar surface area (TPSA) is 69.7 Å². The van der Waals surface area contributed by atoms with Crippen LogP contribution in [0.3, 0.4) is 0 Å². The summed E-state index contributed by atoms with van der Waals surface area (Å²) >= 11 is 0. The van der Waals surface area contributed by atoms with Gasteiger partial charge in [-0.15, -0.1) is 0 Å². The lowest BCUT2D eigenvalue weighted by molar-refractivity contribution is 0.0954. The van der Waals surface area contributed by atoms with Crippen LogP contribution in [0.1, 0.15) is 35.3 Å². The highest BCUT2D eigenvalue weighted by Gasteiger charge is 2.32. The van der Waals surface area contributed by atoms with Crippen LogP contribution in [0.2, 0.25) is 0 Å². The summed E-state index contributed by atoms with van der Waals surface area (Å²) in [6.45, 7) is 8.15. The lowest BCUT2D eigenvalue weighted by Crippen LogP contribution is -2.35. The van der Waals surface area contributed by atoms with Crippen molar-refractivity contribution in [1.82, 2.24) is 5.32 Å². The summed E-state index contributed by atoms with van der Waals surface area (Å²) in [6.07, 6.45) is 1.83. The number of amides is 1. The number of nitrogens with zero attached hydrogens (tertiary/aromatic N) is 2. The molecular weight excluding hydrogens is 386 g/mol. The van der Waals surface area contributed by atoms with Crippen molar-refractivity contribution in [3.8, 4) is 0 Å². The molecule has 0 saturated heterocycles. The van der Waals surface area contributed by atoms with Crippen molar-refractivity contribution in [1.29, 1.82) is 0 Å². The highest BCUT2D eigenvalue weighted by Crippen LogP contribution is 2.34. The van der Waals surface area contributed by atoms with Crippen molar-refractivity contribution in [3.63, 3.8) is 0 Å². The Morgan fingerprint density at radius 3 is 2.66 bits per heavy atom. The van der Waals surface area contributed by atoms with Gasteiger partial charge in [-0.25, -0.2) is 8.42 Å². The fourth-order valence-corrected chi connectivity index (χ4v) is 5.21. The van der Waals surface area contributed by atoms with E-state index in [9.17, 15) is 13.2 Å². The molecule has 0 aliphatic carbocycles. The summed E-state index contributed by atoms with van der Waals surface area (Å²) in [7, 11) is -3.33. The maximum absolute atomic E-state index is 12.6. The number of rotatable bonds is 7. The molecule has 0 radical (unpaired) electrons. The highest BCUT2D eigenvalue weighted by atomic mass is 32.2. The van der Waals surface area contributed by atoms with Gasteiger partial charge in [0.1, 0.15) is 0 Å². The summed E-state index contributed by atoms with van der Waals surface area (Å²) in [6, 6.07) is 13.4. The summed E-state index contributed by atoms with van der Waals surface area (Å²) in [5, 5.41) is 2.98. The van der Waals surface area contributed by atoms with E-state index in [1.165, 1.54) is 16.1 Å². The van der Waals surface area contributed by atoms with Crippen LogP contribution in [0.25, 0.3) is 0 Å². The molecule has 7 heteroatoms. The van der Waals surface area contributed by atoms with Crippen LogP contribution < -0.4 is 14.5 Å². The molecule has 2 aromatic carbocycles. The molecule has 1 unspecified atom stereocenters. The van der Waals surface area contributed by atoms with Crippen LogP contribution in [0.15, 0.2) is 42.5 Å². The summed E-state index contributed by atoms with van der Waals surface area (Å²) < 4.78 is 25.5. The van der Waals surface area contributed by atoms with Gasteiger partial charge < -0.3 is 10.2 Å². The molecule has 1 atom stereocenters. The first-order chi connectivity index (χ1) is 13.7. The first kappa shape index (κ1) is 21.2. The zero-order valence-corrected chi connectivity index (χ0v) is 18.3. The number of sulfonamides is 1. The van der Waals surface area contributed by atoms with Gasteiger partial charge in [0, 0.05) is 36.9 Å². The third-order valence-corrected chi connectivity index (χ3v) is 6.54. The number of benzene rings is 2. The number of hydrogen-bond donors (Lipinski definition) is 1. The van der Waals surface area contributed by atoms with Gasteiger partial charge in [-0.3, -0.25) is 9.10 Å².